The van der Waals surface area contributed by atoms with Crippen molar-refractivity contribution in [1.29, 1.82) is 0 Å². The minimum Gasteiger partial charge on any atom is -0.466 e. The van der Waals surface area contributed by atoms with Gasteiger partial charge >= 0.3 is 5.97 Å². The van der Waals surface area contributed by atoms with Gasteiger partial charge in [0.15, 0.2) is 0 Å². The third-order valence-corrected chi connectivity index (χ3v) is 8.66. The van der Waals surface area contributed by atoms with Crippen LogP contribution in [0.1, 0.15) is 80.4 Å². The lowest BCUT2D eigenvalue weighted by Crippen LogP contribution is -2.26. The molecule has 0 spiro atoms. The lowest BCUT2D eigenvalue weighted by atomic mass is 9.93. The number of nitrogens with zero attached hydrogens (tertiary/aromatic N) is 3. The summed E-state index contributed by atoms with van der Waals surface area (Å²) in [5.41, 5.74) is 4.20. The largest absolute Gasteiger partial charge is 0.466 e. The molecule has 1 heterocycles. The van der Waals surface area contributed by atoms with Crippen LogP contribution in [0.15, 0.2) is 85.5 Å². The van der Waals surface area contributed by atoms with E-state index < -0.39 is 53.3 Å². The Hall–Kier alpha value is -5.91. The number of carbonyl (C=O) groups is 2. The Balaban J connectivity index is 1.75. The molecule has 2 aromatic carbocycles. The van der Waals surface area contributed by atoms with Crippen LogP contribution in [0, 0.1) is 26.0 Å². The predicted octanol–water partition coefficient (Wildman–Crippen LogP) is 6.83. The maximum absolute atomic E-state index is 14.3. The average molecular weight is 811 g/mol. The summed E-state index contributed by atoms with van der Waals surface area (Å²) in [5.74, 6) is -1.72. The number of ether oxygens (including phenoxy) is 2. The summed E-state index contributed by atoms with van der Waals surface area (Å²) in [4.78, 5) is 56.3. The summed E-state index contributed by atoms with van der Waals surface area (Å²) in [7, 11) is 0. The number of aromatic nitrogens is 1. The van der Waals surface area contributed by atoms with Crippen molar-refractivity contribution in [2.24, 2.45) is 0 Å². The number of amides is 1. The Labute approximate surface area is 335 Å². The van der Waals surface area contributed by atoms with Gasteiger partial charge in [-0.05, 0) is 79.6 Å². The zero-order valence-corrected chi connectivity index (χ0v) is 32.8. The van der Waals surface area contributed by atoms with Gasteiger partial charge in [-0.15, -0.1) is 20.2 Å². The van der Waals surface area contributed by atoms with E-state index in [1.165, 1.54) is 12.1 Å². The van der Waals surface area contributed by atoms with Crippen molar-refractivity contribution < 1.29 is 53.5 Å². The molecule has 0 aliphatic rings. The number of para-hydroxylation sites is 1. The number of aliphatic hydroxyl groups is 2. The monoisotopic (exact) mass is 810 g/mol. The van der Waals surface area contributed by atoms with E-state index in [-0.39, 0.29) is 63.9 Å². The van der Waals surface area contributed by atoms with Crippen LogP contribution in [-0.2, 0) is 30.5 Å². The molecular formula is C41H51FN4O12. The highest BCUT2D eigenvalue weighted by Crippen LogP contribution is 2.41. The van der Waals surface area contributed by atoms with Crippen LogP contribution in [0.5, 0.6) is 0 Å². The van der Waals surface area contributed by atoms with E-state index in [1.807, 2.05) is 55.7 Å². The second-order valence-corrected chi connectivity index (χ2v) is 13.5. The number of carbonyl (C=O) groups excluding carboxylic acids is 2. The Bertz CT molecular complexity index is 1880. The maximum atomic E-state index is 14.3. The van der Waals surface area contributed by atoms with E-state index in [9.17, 15) is 44.4 Å². The number of anilines is 1. The standard InChI is InChI=1S/C41H51FN4O12/c1-5-11-29(12-6-2)37-38(41(50)43-32-13-8-7-9-14-32)39(28(3)4)44(40(37)30-15-17-31(42)18-16-30)21-19-33(47)25-34(48)26-36(49)56-23-10-22-55-27-35(58-46(53)54)20-24-57-45(51)52/h5-9,11-18,28,33-35,47-48H,1,10,19-27H2,2-4H3,(H,43,50)/b12-6-,29-11+. The van der Waals surface area contributed by atoms with E-state index in [0.29, 0.717) is 39.3 Å². The maximum Gasteiger partial charge on any atom is 0.308 e. The van der Waals surface area contributed by atoms with E-state index in [4.69, 9.17) is 9.47 Å². The van der Waals surface area contributed by atoms with Crippen molar-refractivity contribution in [2.75, 3.05) is 31.7 Å². The van der Waals surface area contributed by atoms with Crippen LogP contribution in [0.4, 0.5) is 10.1 Å². The Morgan fingerprint density at radius 1 is 0.966 bits per heavy atom. The second kappa shape index (κ2) is 24.0. The molecule has 3 aromatic rings. The SMILES string of the molecule is C=C/C=C(\C=C/C)c1c(C(=O)Nc2ccccc2)c(C(C)C)n(CCC(O)CC(O)CC(=O)OCCCOCC(CCO[N+](=O)[O-])O[N+](=O)[O-])c1-c1ccc(F)cc1. The van der Waals surface area contributed by atoms with E-state index >= 15 is 0 Å². The molecule has 17 heteroatoms. The first-order valence-corrected chi connectivity index (χ1v) is 18.8. The third kappa shape index (κ3) is 14.9. The number of benzene rings is 2. The molecule has 0 aliphatic heterocycles. The van der Waals surface area contributed by atoms with Gasteiger partial charge in [0.25, 0.3) is 16.1 Å². The number of nitrogens with one attached hydrogen (secondary N) is 1. The molecule has 3 unspecified atom stereocenters. The van der Waals surface area contributed by atoms with Crippen molar-refractivity contribution >= 4 is 23.1 Å². The number of halogens is 1. The number of allylic oxidation sites excluding steroid dienone is 5. The van der Waals surface area contributed by atoms with Gasteiger partial charge in [-0.1, -0.05) is 62.9 Å². The summed E-state index contributed by atoms with van der Waals surface area (Å²) in [5, 5.41) is 43.7. The van der Waals surface area contributed by atoms with Gasteiger partial charge < -0.3 is 39.2 Å². The fourth-order valence-corrected chi connectivity index (χ4v) is 6.29. The molecule has 314 valence electrons. The molecule has 58 heavy (non-hydrogen) atoms. The fourth-order valence-electron chi connectivity index (χ4n) is 6.29. The summed E-state index contributed by atoms with van der Waals surface area (Å²) >= 11 is 0. The minimum absolute atomic E-state index is 0.0246. The second-order valence-electron chi connectivity index (χ2n) is 13.5. The number of aliphatic hydroxyl groups excluding tert-OH is 2. The molecule has 0 saturated heterocycles. The first kappa shape index (κ1) is 46.5. The summed E-state index contributed by atoms with van der Waals surface area (Å²) in [6, 6.07) is 15.0. The van der Waals surface area contributed by atoms with Gasteiger partial charge in [0.1, 0.15) is 11.9 Å². The molecule has 0 fully saturated rings. The van der Waals surface area contributed by atoms with Crippen molar-refractivity contribution in [1.82, 2.24) is 4.57 Å². The molecule has 0 radical (unpaired) electrons. The number of hydrogen-bond donors (Lipinski definition) is 3. The smallest absolute Gasteiger partial charge is 0.308 e. The highest BCUT2D eigenvalue weighted by Gasteiger charge is 2.31. The zero-order valence-electron chi connectivity index (χ0n) is 32.8. The Morgan fingerprint density at radius 2 is 1.67 bits per heavy atom. The number of rotatable bonds is 26. The topological polar surface area (TPSA) is 215 Å². The van der Waals surface area contributed by atoms with Crippen molar-refractivity contribution in [2.45, 2.75) is 83.6 Å². The summed E-state index contributed by atoms with van der Waals surface area (Å²) < 4.78 is 26.7. The van der Waals surface area contributed by atoms with Crippen LogP contribution >= 0.6 is 0 Å². The molecule has 3 rings (SSSR count). The van der Waals surface area contributed by atoms with Crippen LogP contribution in [0.3, 0.4) is 0 Å². The minimum atomic E-state index is -1.24. The van der Waals surface area contributed by atoms with Gasteiger partial charge in [0.05, 0.1) is 49.7 Å². The van der Waals surface area contributed by atoms with E-state index in [1.54, 1.807) is 36.4 Å². The lowest BCUT2D eigenvalue weighted by Gasteiger charge is -2.20. The molecule has 1 aromatic heterocycles. The Kier molecular flexibility index (Phi) is 19.2. The van der Waals surface area contributed by atoms with Crippen LogP contribution < -0.4 is 5.32 Å². The number of hydrogen-bond acceptors (Lipinski definition) is 12. The first-order chi connectivity index (χ1) is 27.7. The van der Waals surface area contributed by atoms with Crippen molar-refractivity contribution in [3.63, 3.8) is 0 Å². The van der Waals surface area contributed by atoms with Gasteiger partial charge in [0.2, 0.25) is 0 Å². The molecule has 0 aliphatic carbocycles. The molecule has 1 amide bonds. The number of esters is 1. The molecule has 0 saturated carbocycles. The highest BCUT2D eigenvalue weighted by atomic mass is 19.1. The lowest BCUT2D eigenvalue weighted by molar-refractivity contribution is -0.774. The van der Waals surface area contributed by atoms with E-state index in [0.717, 1.165) is 0 Å². The van der Waals surface area contributed by atoms with E-state index in [2.05, 4.69) is 21.6 Å². The Morgan fingerprint density at radius 3 is 2.29 bits per heavy atom. The average Bonchev–Trinajstić information content (AvgIpc) is 3.51. The molecule has 3 N–H and O–H groups in total. The normalized spacial score (nSPS) is 13.2. The quantitative estimate of drug-likeness (QED) is 0.0250. The van der Waals surface area contributed by atoms with Crippen molar-refractivity contribution in [3.8, 4) is 11.3 Å². The van der Waals surface area contributed by atoms with Gasteiger partial charge in [-0.2, -0.15) is 0 Å². The zero-order chi connectivity index (χ0) is 42.6. The molecule has 0 bridgehead atoms. The highest BCUT2D eigenvalue weighted by molar-refractivity contribution is 6.11. The van der Waals surface area contributed by atoms with Crippen LogP contribution in [0.25, 0.3) is 16.8 Å². The molecule has 16 nitrogen and oxygen atoms in total. The third-order valence-electron chi connectivity index (χ3n) is 8.66. The summed E-state index contributed by atoms with van der Waals surface area (Å²) in [6.07, 6.45) is 3.29. The van der Waals surface area contributed by atoms with Gasteiger partial charge in [-0.3, -0.25) is 9.59 Å². The van der Waals surface area contributed by atoms with Crippen LogP contribution in [0.2, 0.25) is 0 Å². The summed E-state index contributed by atoms with van der Waals surface area (Å²) in [6.45, 7) is 9.09. The molecule has 3 atom stereocenters. The van der Waals surface area contributed by atoms with Crippen molar-refractivity contribution in [3.05, 3.63) is 128 Å². The predicted molar refractivity (Wildman–Crippen MR) is 213 cm³/mol. The van der Waals surface area contributed by atoms with Gasteiger partial charge in [0, 0.05) is 36.5 Å². The van der Waals surface area contributed by atoms with Gasteiger partial charge in [-0.25, -0.2) is 4.39 Å². The molecular weight excluding hydrogens is 759 g/mol. The first-order valence-electron chi connectivity index (χ1n) is 18.8. The fraction of sp³-hybridized carbons (Fsp3) is 0.415. The van der Waals surface area contributed by atoms with Crippen LogP contribution in [-0.4, -0.2) is 81.6 Å².